The van der Waals surface area contributed by atoms with Gasteiger partial charge in [-0.25, -0.2) is 0 Å². The van der Waals surface area contributed by atoms with Gasteiger partial charge in [0.25, 0.3) is 0 Å². The van der Waals surface area contributed by atoms with Crippen LogP contribution < -0.4 is 18.9 Å². The zero-order valence-corrected chi connectivity index (χ0v) is 42.2. The monoisotopic (exact) mass is 946 g/mol. The molecule has 1 aliphatic rings. The Kier molecular flexibility index (Phi) is 30.5. The van der Waals surface area contributed by atoms with Crippen LogP contribution in [0.15, 0.2) is 0 Å². The Morgan fingerprint density at radius 2 is 0.622 bits per heavy atom. The molecule has 1 fully saturated rings. The summed E-state index contributed by atoms with van der Waals surface area (Å²) in [6.45, 7) is 22.6. The molecule has 1 saturated carbocycles. The second-order valence-corrected chi connectivity index (χ2v) is 58.5. The van der Waals surface area contributed by atoms with Gasteiger partial charge >= 0.3 is 316 Å². The van der Waals surface area contributed by atoms with Crippen LogP contribution in [0.3, 0.4) is 0 Å². The van der Waals surface area contributed by atoms with Crippen molar-refractivity contribution in [3.05, 3.63) is 6.42 Å². The van der Waals surface area contributed by atoms with Crippen LogP contribution in [0, 0.1) is 6.42 Å². The Bertz CT molecular complexity index is 562. The maximum Gasteiger partial charge on any atom is 1.00 e. The van der Waals surface area contributed by atoms with Crippen LogP contribution in [-0.2, 0) is 0 Å². The Morgan fingerprint density at radius 1 is 0.378 bits per heavy atom. The number of unbranched alkanes of at least 4 members (excludes halogenated alkanes) is 9. The van der Waals surface area contributed by atoms with Gasteiger partial charge in [0, 0.05) is 0 Å². The summed E-state index contributed by atoms with van der Waals surface area (Å²) in [6.07, 6.45) is 32.4. The Balaban J connectivity index is 0.0000194. The predicted octanol–water partition coefficient (Wildman–Crippen LogP) is 13.3. The molecule has 0 heterocycles. The number of hydrogen-bond donors (Lipinski definition) is 0. The fourth-order valence-electron chi connectivity index (χ4n) is 10.1. The zero-order chi connectivity index (χ0) is 32.7. The molecular formula is C41H87LiSn3. The first-order valence-electron chi connectivity index (χ1n) is 21.2. The van der Waals surface area contributed by atoms with Crippen molar-refractivity contribution >= 4 is 55.1 Å². The first kappa shape index (κ1) is 48.0. The van der Waals surface area contributed by atoms with Gasteiger partial charge in [0.2, 0.25) is 0 Å². The van der Waals surface area contributed by atoms with Gasteiger partial charge in [-0.2, -0.15) is 0 Å². The molecule has 0 N–H and O–H groups in total. The van der Waals surface area contributed by atoms with Crippen molar-refractivity contribution in [1.29, 1.82) is 0 Å². The van der Waals surface area contributed by atoms with E-state index in [4.69, 9.17) is 0 Å². The average Bonchev–Trinajstić information content (AvgIpc) is 3.52. The largest absolute Gasteiger partial charge is 1.00 e. The van der Waals surface area contributed by atoms with Crippen molar-refractivity contribution in [2.24, 2.45) is 0 Å². The molecule has 3 atom stereocenters. The fraction of sp³-hybridized carbons (Fsp3) is 0.976. The summed E-state index contributed by atoms with van der Waals surface area (Å²) in [6, 6.07) is 0. The molecular weight excluding hydrogens is 856 g/mol. The van der Waals surface area contributed by atoms with Gasteiger partial charge in [0.05, 0.1) is 0 Å². The predicted molar refractivity (Wildman–Crippen MR) is 215 cm³/mol. The van der Waals surface area contributed by atoms with E-state index in [-0.39, 0.29) is 18.9 Å². The van der Waals surface area contributed by atoms with Gasteiger partial charge in [0.15, 0.2) is 0 Å². The first-order valence-corrected chi connectivity index (χ1v) is 44.3. The summed E-state index contributed by atoms with van der Waals surface area (Å²) in [4.78, 5) is 0. The zero-order valence-electron chi connectivity index (χ0n) is 33.6. The molecule has 0 spiro atoms. The van der Waals surface area contributed by atoms with E-state index in [1.807, 2.05) is 0 Å². The molecule has 0 aromatic carbocycles. The standard InChI is InChI=1S/C5H6.9C4H9.Li.3Sn/c1-2-4-5-3-1;9*1-3-4-2;;;;/h1-4H,5H2;9*1,3-4H2,2H3;;;;/q-1;;;;;;;;;;+1;;;. The summed E-state index contributed by atoms with van der Waals surface area (Å²) in [7, 11) is 0. The smallest absolute Gasteiger partial charge is 1.00 e. The summed E-state index contributed by atoms with van der Waals surface area (Å²) < 4.78 is 19.4. The number of rotatable bonds is 30. The van der Waals surface area contributed by atoms with Crippen LogP contribution in [0.4, 0.5) is 0 Å². The van der Waals surface area contributed by atoms with Crippen LogP contribution in [0.2, 0.25) is 51.7 Å². The third kappa shape index (κ3) is 15.6. The molecule has 0 radical (unpaired) electrons. The van der Waals surface area contributed by atoms with Crippen LogP contribution in [0.1, 0.15) is 184 Å². The van der Waals surface area contributed by atoms with Crippen LogP contribution in [0.25, 0.3) is 0 Å². The van der Waals surface area contributed by atoms with Crippen molar-refractivity contribution in [1.82, 2.24) is 0 Å². The summed E-state index contributed by atoms with van der Waals surface area (Å²) >= 11 is -7.19. The van der Waals surface area contributed by atoms with Gasteiger partial charge in [0.1, 0.15) is 0 Å². The van der Waals surface area contributed by atoms with Crippen molar-refractivity contribution in [3.8, 4) is 0 Å². The summed E-state index contributed by atoms with van der Waals surface area (Å²) in [5, 5.41) is 0. The van der Waals surface area contributed by atoms with E-state index in [0.717, 1.165) is 3.93 Å². The van der Waals surface area contributed by atoms with Gasteiger partial charge in [-0.05, 0) is 0 Å². The third-order valence-corrected chi connectivity index (χ3v) is 67.9. The molecule has 264 valence electrons. The van der Waals surface area contributed by atoms with Gasteiger partial charge in [-0.15, -0.1) is 0 Å². The maximum atomic E-state index is 3.44. The van der Waals surface area contributed by atoms with Crippen LogP contribution in [-0.4, -0.2) is 55.1 Å². The Hall–Kier alpha value is 2.99. The topological polar surface area (TPSA) is 0 Å². The van der Waals surface area contributed by atoms with E-state index in [0.29, 0.717) is 0 Å². The van der Waals surface area contributed by atoms with Gasteiger partial charge in [-0.1, -0.05) is 0 Å². The Labute approximate surface area is 312 Å². The fourth-order valence-corrected chi connectivity index (χ4v) is 83.1. The SMILES string of the molecule is CCC[CH2][Sn]([CH2]CCC)([CH2]CCC)[CH]1[CH-][CH]([Sn]([CH2]CCC)([CH2]CCC)[CH2]CCC)[CH]([Sn]([CH2]CCC)([CH2]CCC)[CH2]CCC)C1.[Li+]. The van der Waals surface area contributed by atoms with Gasteiger partial charge < -0.3 is 0 Å². The molecule has 0 saturated heterocycles. The van der Waals surface area contributed by atoms with E-state index in [2.05, 4.69) is 68.7 Å². The van der Waals surface area contributed by atoms with E-state index in [9.17, 15) is 0 Å². The van der Waals surface area contributed by atoms with Gasteiger partial charge in [-0.3, -0.25) is 0 Å². The second-order valence-electron chi connectivity index (χ2n) is 16.2. The van der Waals surface area contributed by atoms with Crippen molar-refractivity contribution in [2.45, 2.75) is 236 Å². The van der Waals surface area contributed by atoms with Crippen LogP contribution >= 0.6 is 0 Å². The first-order chi connectivity index (χ1) is 21.4. The molecule has 1 rings (SSSR count). The molecule has 0 nitrogen and oxygen atoms in total. The molecule has 0 aliphatic heterocycles. The molecule has 45 heavy (non-hydrogen) atoms. The minimum atomic E-state index is -2.43. The minimum Gasteiger partial charge on any atom is 1.00 e. The quantitative estimate of drug-likeness (QED) is 0.0497. The minimum absolute atomic E-state index is 0. The molecule has 0 aromatic rings. The second kappa shape index (κ2) is 28.6. The number of hydrogen-bond acceptors (Lipinski definition) is 0. The van der Waals surface area contributed by atoms with Crippen molar-refractivity contribution < 1.29 is 18.9 Å². The van der Waals surface area contributed by atoms with E-state index in [1.54, 1.807) is 104 Å². The molecule has 0 aromatic heterocycles. The molecule has 1 aliphatic carbocycles. The van der Waals surface area contributed by atoms with Crippen molar-refractivity contribution in [3.63, 3.8) is 0 Å². The third-order valence-electron chi connectivity index (χ3n) is 12.9. The normalized spacial score (nSPS) is 19.3. The van der Waals surface area contributed by atoms with Crippen LogP contribution in [0.5, 0.6) is 0 Å². The molecule has 3 unspecified atom stereocenters. The molecule has 0 bridgehead atoms. The summed E-state index contributed by atoms with van der Waals surface area (Å²) in [5.41, 5.74) is 0. The van der Waals surface area contributed by atoms with E-state index >= 15 is 0 Å². The average molecular weight is 943 g/mol. The Morgan fingerprint density at radius 3 is 0.889 bits per heavy atom. The van der Waals surface area contributed by atoms with Crippen molar-refractivity contribution in [2.75, 3.05) is 0 Å². The molecule has 4 heteroatoms. The summed E-state index contributed by atoms with van der Waals surface area (Å²) in [5.74, 6) is 0. The molecule has 0 amide bonds. The van der Waals surface area contributed by atoms with E-state index in [1.165, 1.54) is 65.7 Å². The maximum absolute atomic E-state index is 3.44. The van der Waals surface area contributed by atoms with E-state index < -0.39 is 55.1 Å².